The molecule has 1 atom stereocenters. The van der Waals surface area contributed by atoms with Crippen LogP contribution in [0.15, 0.2) is 109 Å². The van der Waals surface area contributed by atoms with Gasteiger partial charge in [0, 0.05) is 19.4 Å². The molecule has 8 aromatic rings. The van der Waals surface area contributed by atoms with E-state index >= 15 is 0 Å². The standard InChI is InChI=1S/C46H42N2O4/c49-40(14-5-7-29-16-18-35-22-20-31-9-3-11-33-24-26-37(29)44(35)42(31)33)47-28-2-1-13-39(46(51)52)48-41(50)15-6-8-30-17-19-36-23-21-32-10-4-12-34-25-27-38(30)45(36)43(32)34/h3-4,9-12,16-27,39H,1-2,5-8,13-15,28H2,(H,47,49)(H,48,50)(H,51,52). The predicted molar refractivity (Wildman–Crippen MR) is 213 cm³/mol. The van der Waals surface area contributed by atoms with Gasteiger partial charge in [-0.1, -0.05) is 109 Å². The molecule has 0 saturated heterocycles. The second kappa shape index (κ2) is 14.5. The summed E-state index contributed by atoms with van der Waals surface area (Å²) >= 11 is 0. The number of carboxylic acid groups (broad SMARTS) is 1. The fourth-order valence-corrected chi connectivity index (χ4v) is 8.22. The normalized spacial score (nSPS) is 12.5. The van der Waals surface area contributed by atoms with E-state index in [9.17, 15) is 19.5 Å². The van der Waals surface area contributed by atoms with Crippen LogP contribution in [0.2, 0.25) is 0 Å². The molecule has 0 heterocycles. The summed E-state index contributed by atoms with van der Waals surface area (Å²) in [7, 11) is 0. The van der Waals surface area contributed by atoms with Gasteiger partial charge in [0.1, 0.15) is 6.04 Å². The summed E-state index contributed by atoms with van der Waals surface area (Å²) < 4.78 is 0. The van der Waals surface area contributed by atoms with Crippen LogP contribution in [-0.2, 0) is 27.2 Å². The number of carbonyl (C=O) groups is 3. The van der Waals surface area contributed by atoms with Crippen molar-refractivity contribution in [3.05, 3.63) is 120 Å². The Labute approximate surface area is 302 Å². The number of nitrogens with one attached hydrogen (secondary N) is 2. The van der Waals surface area contributed by atoms with Gasteiger partial charge in [-0.05, 0) is 121 Å². The lowest BCUT2D eigenvalue weighted by Crippen LogP contribution is -2.40. The van der Waals surface area contributed by atoms with Crippen molar-refractivity contribution >= 4 is 82.4 Å². The van der Waals surface area contributed by atoms with Crippen molar-refractivity contribution in [1.82, 2.24) is 10.6 Å². The van der Waals surface area contributed by atoms with Gasteiger partial charge in [0.2, 0.25) is 11.8 Å². The average molecular weight is 687 g/mol. The molecule has 3 N–H and O–H groups in total. The Balaban J connectivity index is 0.769. The van der Waals surface area contributed by atoms with Crippen molar-refractivity contribution in [3.63, 3.8) is 0 Å². The van der Waals surface area contributed by atoms with E-state index in [1.165, 1.54) is 75.8 Å². The first-order chi connectivity index (χ1) is 25.4. The third-order valence-electron chi connectivity index (χ3n) is 10.8. The van der Waals surface area contributed by atoms with Gasteiger partial charge < -0.3 is 15.7 Å². The maximum atomic E-state index is 12.8. The third-order valence-corrected chi connectivity index (χ3v) is 10.8. The maximum absolute atomic E-state index is 12.8. The van der Waals surface area contributed by atoms with Gasteiger partial charge in [-0.25, -0.2) is 4.79 Å². The summed E-state index contributed by atoms with van der Waals surface area (Å²) in [5.74, 6) is -1.27. The zero-order valence-corrected chi connectivity index (χ0v) is 29.2. The van der Waals surface area contributed by atoms with Crippen LogP contribution in [0.25, 0.3) is 64.6 Å². The molecule has 2 amide bonds. The van der Waals surface area contributed by atoms with Gasteiger partial charge in [0.05, 0.1) is 0 Å². The topological polar surface area (TPSA) is 95.5 Å². The number of unbranched alkanes of at least 4 members (excludes halogenated alkanes) is 1. The Morgan fingerprint density at radius 1 is 0.500 bits per heavy atom. The number of amides is 2. The van der Waals surface area contributed by atoms with Crippen LogP contribution in [0.4, 0.5) is 0 Å². The molecule has 0 spiro atoms. The predicted octanol–water partition coefficient (Wildman–Crippen LogP) is 9.68. The molecule has 0 aliphatic rings. The Bertz CT molecular complexity index is 2540. The molecule has 0 aromatic heterocycles. The van der Waals surface area contributed by atoms with Crippen LogP contribution in [0.3, 0.4) is 0 Å². The number of aryl methyl sites for hydroxylation is 2. The molecule has 260 valence electrons. The molecule has 6 heteroatoms. The monoisotopic (exact) mass is 686 g/mol. The molecule has 0 saturated carbocycles. The molecule has 8 aromatic carbocycles. The minimum Gasteiger partial charge on any atom is -0.480 e. The summed E-state index contributed by atoms with van der Waals surface area (Å²) in [4.78, 5) is 37.4. The van der Waals surface area contributed by atoms with Crippen molar-refractivity contribution in [1.29, 1.82) is 0 Å². The number of hydrogen-bond acceptors (Lipinski definition) is 3. The molecule has 0 fully saturated rings. The highest BCUT2D eigenvalue weighted by molar-refractivity contribution is 6.24. The third kappa shape index (κ3) is 6.57. The van der Waals surface area contributed by atoms with E-state index in [1.807, 2.05) is 0 Å². The smallest absolute Gasteiger partial charge is 0.326 e. The molecular weight excluding hydrogens is 645 g/mol. The van der Waals surface area contributed by atoms with E-state index in [0.29, 0.717) is 38.6 Å². The summed E-state index contributed by atoms with van der Waals surface area (Å²) in [6.45, 7) is 0.483. The van der Waals surface area contributed by atoms with E-state index in [-0.39, 0.29) is 18.2 Å². The molecule has 6 nitrogen and oxygen atoms in total. The first-order valence-corrected chi connectivity index (χ1v) is 18.5. The molecule has 8 rings (SSSR count). The van der Waals surface area contributed by atoms with Crippen molar-refractivity contribution in [2.24, 2.45) is 0 Å². The zero-order valence-electron chi connectivity index (χ0n) is 29.2. The molecular formula is C46H42N2O4. The first kappa shape index (κ1) is 33.4. The van der Waals surface area contributed by atoms with Gasteiger partial charge in [-0.15, -0.1) is 0 Å². The molecule has 0 aliphatic carbocycles. The van der Waals surface area contributed by atoms with Crippen molar-refractivity contribution in [2.45, 2.75) is 63.8 Å². The van der Waals surface area contributed by atoms with E-state index in [4.69, 9.17) is 0 Å². The fourth-order valence-electron chi connectivity index (χ4n) is 8.22. The van der Waals surface area contributed by atoms with Crippen LogP contribution in [0.1, 0.15) is 56.1 Å². The minimum atomic E-state index is -1.03. The fraction of sp³-hybridized carbons (Fsp3) is 0.239. The van der Waals surface area contributed by atoms with Crippen molar-refractivity contribution in [2.75, 3.05) is 6.54 Å². The molecule has 0 radical (unpaired) electrons. The number of hydrogen-bond donors (Lipinski definition) is 3. The second-order valence-corrected chi connectivity index (χ2v) is 14.2. The Morgan fingerprint density at radius 3 is 1.44 bits per heavy atom. The lowest BCUT2D eigenvalue weighted by Gasteiger charge is -2.15. The van der Waals surface area contributed by atoms with E-state index in [0.717, 1.165) is 19.3 Å². The lowest BCUT2D eigenvalue weighted by molar-refractivity contribution is -0.142. The highest BCUT2D eigenvalue weighted by Crippen LogP contribution is 2.37. The largest absolute Gasteiger partial charge is 0.480 e. The van der Waals surface area contributed by atoms with Gasteiger partial charge in [-0.3, -0.25) is 9.59 Å². The number of carboxylic acids is 1. The molecule has 52 heavy (non-hydrogen) atoms. The maximum Gasteiger partial charge on any atom is 0.326 e. The minimum absolute atomic E-state index is 0.00507. The highest BCUT2D eigenvalue weighted by atomic mass is 16.4. The van der Waals surface area contributed by atoms with Gasteiger partial charge >= 0.3 is 5.97 Å². The molecule has 1 unspecified atom stereocenters. The molecule has 0 aliphatic heterocycles. The summed E-state index contributed by atoms with van der Waals surface area (Å²) in [5.41, 5.74) is 2.45. The van der Waals surface area contributed by atoms with Crippen molar-refractivity contribution in [3.8, 4) is 0 Å². The SMILES string of the molecule is O=C(CCCc1ccc2ccc3cccc4ccc1c2c34)NCCCCC(NC(=O)CCCc1ccc2ccc3cccc4ccc1c2c34)C(=O)O. The van der Waals surface area contributed by atoms with Crippen LogP contribution in [-0.4, -0.2) is 35.5 Å². The zero-order chi connectivity index (χ0) is 35.6. The summed E-state index contributed by atoms with van der Waals surface area (Å²) in [6, 6.07) is 38.0. The van der Waals surface area contributed by atoms with Crippen LogP contribution < -0.4 is 10.6 Å². The Morgan fingerprint density at radius 2 is 0.942 bits per heavy atom. The average Bonchev–Trinajstić information content (AvgIpc) is 3.16. The number of rotatable bonds is 15. The van der Waals surface area contributed by atoms with Gasteiger partial charge in [-0.2, -0.15) is 0 Å². The van der Waals surface area contributed by atoms with E-state index in [2.05, 4.69) is 120 Å². The van der Waals surface area contributed by atoms with E-state index < -0.39 is 12.0 Å². The number of carbonyl (C=O) groups excluding carboxylic acids is 2. The first-order valence-electron chi connectivity index (χ1n) is 18.5. The quantitative estimate of drug-likeness (QED) is 0.0739. The Hall–Kier alpha value is -5.75. The van der Waals surface area contributed by atoms with Crippen LogP contribution in [0, 0.1) is 0 Å². The van der Waals surface area contributed by atoms with Gasteiger partial charge in [0.25, 0.3) is 0 Å². The second-order valence-electron chi connectivity index (χ2n) is 14.2. The lowest BCUT2D eigenvalue weighted by atomic mass is 9.90. The van der Waals surface area contributed by atoms with Crippen LogP contribution in [0.5, 0.6) is 0 Å². The highest BCUT2D eigenvalue weighted by Gasteiger charge is 2.20. The molecule has 0 bridgehead atoms. The Kier molecular flexibility index (Phi) is 9.29. The van der Waals surface area contributed by atoms with Gasteiger partial charge in [0.15, 0.2) is 0 Å². The number of aliphatic carboxylic acids is 1. The van der Waals surface area contributed by atoms with Crippen LogP contribution >= 0.6 is 0 Å². The number of benzene rings is 8. The summed E-state index contributed by atoms with van der Waals surface area (Å²) in [5, 5.41) is 30.5. The van der Waals surface area contributed by atoms with Crippen molar-refractivity contribution < 1.29 is 19.5 Å². The summed E-state index contributed by atoms with van der Waals surface area (Å²) in [6.07, 6.45) is 5.18. The van der Waals surface area contributed by atoms with E-state index in [1.54, 1.807) is 0 Å².